The second kappa shape index (κ2) is 1.68. The molecule has 1 aliphatic rings. The van der Waals surface area contributed by atoms with Crippen LogP contribution in [0.4, 0.5) is 4.79 Å². The van der Waals surface area contributed by atoms with E-state index < -0.39 is 0 Å². The molecule has 0 atom stereocenters. The van der Waals surface area contributed by atoms with Crippen LogP contribution < -0.4 is 5.32 Å². The second-order valence-electron chi connectivity index (χ2n) is 1.20. The van der Waals surface area contributed by atoms with Crippen LogP contribution in [-0.2, 0) is 0 Å². The van der Waals surface area contributed by atoms with Gasteiger partial charge in [-0.3, -0.25) is 0 Å². The Kier molecular flexibility index (Phi) is 1.02. The fourth-order valence-electron chi connectivity index (χ4n) is 0.362. The van der Waals surface area contributed by atoms with E-state index in [1.165, 1.54) is 0 Å². The summed E-state index contributed by atoms with van der Waals surface area (Å²) in [5.74, 6) is 0. The highest BCUT2D eigenvalue weighted by Crippen LogP contribution is 1.83. The third-order valence-electron chi connectivity index (χ3n) is 0.650. The summed E-state index contributed by atoms with van der Waals surface area (Å²) in [6, 6.07) is -0.328. The highest BCUT2D eigenvalue weighted by atomic mass is 16.2. The van der Waals surface area contributed by atoms with Crippen molar-refractivity contribution in [2.24, 2.45) is 10.2 Å². The average Bonchev–Trinajstić information content (AvgIpc) is 1.69. The zero-order chi connectivity index (χ0) is 5.11. The van der Waals surface area contributed by atoms with Gasteiger partial charge < -0.3 is 5.32 Å². The van der Waals surface area contributed by atoms with E-state index >= 15 is 0 Å². The summed E-state index contributed by atoms with van der Waals surface area (Å²) < 4.78 is 0. The number of carbonyl (C=O) groups is 1. The molecule has 0 radical (unpaired) electrons. The molecule has 7 heavy (non-hydrogen) atoms. The number of amides is 2. The summed E-state index contributed by atoms with van der Waals surface area (Å²) >= 11 is 0. The number of nitrogens with zero attached hydrogens (tertiary/aromatic N) is 2. The molecule has 1 aliphatic heterocycles. The lowest BCUT2D eigenvalue weighted by molar-refractivity contribution is 0.245. The summed E-state index contributed by atoms with van der Waals surface area (Å²) in [5.41, 5.74) is 0. The van der Waals surface area contributed by atoms with Crippen molar-refractivity contribution in [3.05, 3.63) is 0 Å². The van der Waals surface area contributed by atoms with Gasteiger partial charge in [0, 0.05) is 6.54 Å². The van der Waals surface area contributed by atoms with Crippen molar-refractivity contribution < 1.29 is 4.79 Å². The van der Waals surface area contributed by atoms with Crippen molar-refractivity contribution in [3.63, 3.8) is 0 Å². The third-order valence-corrected chi connectivity index (χ3v) is 0.650. The summed E-state index contributed by atoms with van der Waals surface area (Å²) in [4.78, 5) is 10.1. The molecule has 0 fully saturated rings. The Labute approximate surface area is 40.6 Å². The number of hydrogen-bond donors (Lipinski definition) is 1. The fourth-order valence-corrected chi connectivity index (χ4v) is 0.362. The van der Waals surface area contributed by atoms with Gasteiger partial charge in [0.2, 0.25) is 0 Å². The van der Waals surface area contributed by atoms with Crippen molar-refractivity contribution in [2.75, 3.05) is 13.1 Å². The number of carbonyl (C=O) groups excluding carboxylic acids is 1. The van der Waals surface area contributed by atoms with Gasteiger partial charge in [-0.25, -0.2) is 4.79 Å². The SMILES string of the molecule is O=C1N=NCCN1. The lowest BCUT2D eigenvalue weighted by Gasteiger charge is -1.99. The molecule has 0 spiro atoms. The van der Waals surface area contributed by atoms with E-state index in [4.69, 9.17) is 0 Å². The summed E-state index contributed by atoms with van der Waals surface area (Å²) in [7, 11) is 0. The number of urea groups is 1. The molecular weight excluding hydrogens is 94.1 g/mol. The Balaban J connectivity index is 2.51. The Bertz CT molecular complexity index is 109. The van der Waals surface area contributed by atoms with Crippen molar-refractivity contribution >= 4 is 6.03 Å². The van der Waals surface area contributed by atoms with Crippen molar-refractivity contribution in [3.8, 4) is 0 Å². The van der Waals surface area contributed by atoms with Crippen LogP contribution in [0.3, 0.4) is 0 Å². The van der Waals surface area contributed by atoms with E-state index in [1.54, 1.807) is 0 Å². The maximum absolute atomic E-state index is 10.1. The maximum Gasteiger partial charge on any atom is 0.359 e. The first-order valence-corrected chi connectivity index (χ1v) is 2.05. The van der Waals surface area contributed by atoms with Gasteiger partial charge >= 0.3 is 6.03 Å². The van der Waals surface area contributed by atoms with Gasteiger partial charge in [0.15, 0.2) is 0 Å². The molecule has 0 aromatic heterocycles. The number of azo groups is 1. The highest BCUT2D eigenvalue weighted by Gasteiger charge is 1.98. The van der Waals surface area contributed by atoms with Crippen LogP contribution >= 0.6 is 0 Å². The van der Waals surface area contributed by atoms with Gasteiger partial charge in [-0.2, -0.15) is 5.11 Å². The number of hydrogen-bond acceptors (Lipinski definition) is 2. The molecule has 4 heteroatoms. The zero-order valence-electron chi connectivity index (χ0n) is 3.72. The molecule has 0 bridgehead atoms. The monoisotopic (exact) mass is 99.0 g/mol. The summed E-state index contributed by atoms with van der Waals surface area (Å²) in [6.07, 6.45) is 0. The van der Waals surface area contributed by atoms with E-state index in [0.29, 0.717) is 13.1 Å². The van der Waals surface area contributed by atoms with Crippen LogP contribution in [-0.4, -0.2) is 19.1 Å². The maximum atomic E-state index is 10.1. The lowest BCUT2D eigenvalue weighted by Crippen LogP contribution is -2.25. The van der Waals surface area contributed by atoms with Crippen LogP contribution in [0.15, 0.2) is 10.2 Å². The van der Waals surface area contributed by atoms with Crippen LogP contribution in [0.25, 0.3) is 0 Å². The van der Waals surface area contributed by atoms with Crippen molar-refractivity contribution in [1.29, 1.82) is 0 Å². The quantitative estimate of drug-likeness (QED) is 0.462. The third kappa shape index (κ3) is 0.956. The second-order valence-corrected chi connectivity index (χ2v) is 1.20. The molecule has 0 aromatic rings. The molecule has 0 aliphatic carbocycles. The molecular formula is C3H5N3O. The number of rotatable bonds is 0. The molecule has 2 amide bonds. The molecule has 1 heterocycles. The molecule has 0 saturated heterocycles. The van der Waals surface area contributed by atoms with Crippen LogP contribution in [0.1, 0.15) is 0 Å². The summed E-state index contributed by atoms with van der Waals surface area (Å²) in [5, 5.41) is 9.16. The molecule has 0 unspecified atom stereocenters. The molecule has 0 saturated carbocycles. The van der Waals surface area contributed by atoms with Crippen LogP contribution in [0, 0.1) is 0 Å². The topological polar surface area (TPSA) is 53.8 Å². The van der Waals surface area contributed by atoms with E-state index in [2.05, 4.69) is 15.5 Å². The molecule has 4 nitrogen and oxygen atoms in total. The zero-order valence-corrected chi connectivity index (χ0v) is 3.72. The largest absolute Gasteiger partial charge is 0.359 e. The Morgan fingerprint density at radius 3 is 2.86 bits per heavy atom. The average molecular weight is 99.1 g/mol. The molecule has 1 N–H and O–H groups in total. The molecule has 0 aromatic carbocycles. The molecule has 38 valence electrons. The minimum Gasteiger partial charge on any atom is -0.333 e. The van der Waals surface area contributed by atoms with Crippen LogP contribution in [0.5, 0.6) is 0 Å². The first kappa shape index (κ1) is 4.23. The minimum atomic E-state index is -0.328. The first-order chi connectivity index (χ1) is 3.39. The van der Waals surface area contributed by atoms with Gasteiger partial charge in [0.05, 0.1) is 6.54 Å². The first-order valence-electron chi connectivity index (χ1n) is 2.05. The lowest BCUT2D eigenvalue weighted by atomic mass is 10.6. The number of nitrogens with one attached hydrogen (secondary N) is 1. The Hall–Kier alpha value is -0.930. The Morgan fingerprint density at radius 1 is 1.71 bits per heavy atom. The van der Waals surface area contributed by atoms with Crippen LogP contribution in [0.2, 0.25) is 0 Å². The van der Waals surface area contributed by atoms with E-state index in [1.807, 2.05) is 0 Å². The Morgan fingerprint density at radius 2 is 2.57 bits per heavy atom. The van der Waals surface area contributed by atoms with E-state index in [-0.39, 0.29) is 6.03 Å². The minimum absolute atomic E-state index is 0.328. The van der Waals surface area contributed by atoms with E-state index in [9.17, 15) is 4.79 Å². The normalized spacial score (nSPS) is 19.1. The van der Waals surface area contributed by atoms with Gasteiger partial charge in [0.1, 0.15) is 0 Å². The van der Waals surface area contributed by atoms with Crippen molar-refractivity contribution in [2.45, 2.75) is 0 Å². The van der Waals surface area contributed by atoms with Gasteiger partial charge in [-0.1, -0.05) is 5.11 Å². The fraction of sp³-hybridized carbons (Fsp3) is 0.667. The van der Waals surface area contributed by atoms with Gasteiger partial charge in [-0.15, -0.1) is 0 Å². The van der Waals surface area contributed by atoms with Gasteiger partial charge in [0.25, 0.3) is 0 Å². The highest BCUT2D eigenvalue weighted by molar-refractivity contribution is 5.74. The van der Waals surface area contributed by atoms with Crippen molar-refractivity contribution in [1.82, 2.24) is 5.32 Å². The predicted molar refractivity (Wildman–Crippen MR) is 23.1 cm³/mol. The summed E-state index contributed by atoms with van der Waals surface area (Å²) in [6.45, 7) is 1.24. The smallest absolute Gasteiger partial charge is 0.333 e. The standard InChI is InChI=1S/C3H5N3O/c7-3-4-1-2-5-6-3/h1-2H2,(H,4,7). The van der Waals surface area contributed by atoms with Gasteiger partial charge in [-0.05, 0) is 0 Å². The predicted octanol–water partition coefficient (Wildman–Crippen LogP) is 0.162. The molecule has 1 rings (SSSR count). The van der Waals surface area contributed by atoms with E-state index in [0.717, 1.165) is 0 Å².